The highest BCUT2D eigenvalue weighted by Gasteiger charge is 2.28. The van der Waals surface area contributed by atoms with Crippen LogP contribution in [0.5, 0.6) is 5.75 Å². The number of likely N-dealkylation sites (tertiary alicyclic amines) is 1. The van der Waals surface area contributed by atoms with E-state index < -0.39 is 6.10 Å². The second-order valence-electron chi connectivity index (χ2n) is 7.54. The SMILES string of the molecule is CCC(Nc1nsnc1Nc1cccc(C(=O)N2CC[C@@H](O)C2)c1O)c1ccc(C)o1. The Bertz CT molecular complexity index is 1070. The maximum atomic E-state index is 12.8. The van der Waals surface area contributed by atoms with Crippen molar-refractivity contribution in [1.82, 2.24) is 13.6 Å². The number of anilines is 3. The van der Waals surface area contributed by atoms with Crippen molar-refractivity contribution in [2.45, 2.75) is 38.8 Å². The fourth-order valence-corrected chi connectivity index (χ4v) is 4.06. The number of rotatable bonds is 7. The second kappa shape index (κ2) is 8.94. The third-order valence-electron chi connectivity index (χ3n) is 5.28. The molecule has 3 heterocycles. The summed E-state index contributed by atoms with van der Waals surface area (Å²) in [7, 11) is 0. The van der Waals surface area contributed by atoms with E-state index in [9.17, 15) is 15.0 Å². The van der Waals surface area contributed by atoms with Crippen LogP contribution < -0.4 is 10.6 Å². The number of aromatic hydroxyl groups is 1. The monoisotopic (exact) mass is 443 g/mol. The van der Waals surface area contributed by atoms with Gasteiger partial charge in [-0.1, -0.05) is 13.0 Å². The number of amides is 1. The Balaban J connectivity index is 1.53. The summed E-state index contributed by atoms with van der Waals surface area (Å²) in [4.78, 5) is 14.3. The molecule has 0 bridgehead atoms. The minimum absolute atomic E-state index is 0.0822. The van der Waals surface area contributed by atoms with Crippen LogP contribution in [0.15, 0.2) is 34.7 Å². The number of furan rings is 1. The molecule has 2 aromatic heterocycles. The molecule has 0 aliphatic carbocycles. The summed E-state index contributed by atoms with van der Waals surface area (Å²) in [6.07, 6.45) is 0.796. The van der Waals surface area contributed by atoms with E-state index >= 15 is 0 Å². The lowest BCUT2D eigenvalue weighted by Gasteiger charge is -2.18. The largest absolute Gasteiger partial charge is 0.505 e. The molecule has 1 amide bonds. The second-order valence-corrected chi connectivity index (χ2v) is 8.06. The molecule has 0 saturated carbocycles. The molecule has 1 aliphatic heterocycles. The number of nitrogens with zero attached hydrogens (tertiary/aromatic N) is 3. The lowest BCUT2D eigenvalue weighted by atomic mass is 10.1. The highest BCUT2D eigenvalue weighted by atomic mass is 32.1. The van der Waals surface area contributed by atoms with Gasteiger partial charge in [-0.15, -0.1) is 0 Å². The van der Waals surface area contributed by atoms with Crippen LogP contribution in [0.4, 0.5) is 17.3 Å². The first kappa shape index (κ1) is 21.1. The van der Waals surface area contributed by atoms with Crippen LogP contribution >= 0.6 is 11.7 Å². The smallest absolute Gasteiger partial charge is 0.257 e. The van der Waals surface area contributed by atoms with Gasteiger partial charge in [0.15, 0.2) is 17.4 Å². The summed E-state index contributed by atoms with van der Waals surface area (Å²) >= 11 is 1.04. The van der Waals surface area contributed by atoms with Gasteiger partial charge in [-0.25, -0.2) is 0 Å². The van der Waals surface area contributed by atoms with Crippen LogP contribution in [0.25, 0.3) is 0 Å². The number of aryl methyl sites for hydroxylation is 1. The summed E-state index contributed by atoms with van der Waals surface area (Å²) in [6, 6.07) is 8.69. The van der Waals surface area contributed by atoms with Crippen molar-refractivity contribution >= 4 is 35.0 Å². The van der Waals surface area contributed by atoms with E-state index in [0.29, 0.717) is 30.3 Å². The number of phenols is 1. The van der Waals surface area contributed by atoms with Crippen molar-refractivity contribution < 1.29 is 19.4 Å². The van der Waals surface area contributed by atoms with E-state index in [1.54, 1.807) is 18.2 Å². The Kier molecular flexibility index (Phi) is 6.10. The van der Waals surface area contributed by atoms with E-state index in [-0.39, 0.29) is 29.8 Å². The van der Waals surface area contributed by atoms with Crippen LogP contribution in [-0.4, -0.2) is 49.0 Å². The number of benzene rings is 1. The van der Waals surface area contributed by atoms with Gasteiger partial charge in [0, 0.05) is 13.1 Å². The summed E-state index contributed by atoms with van der Waals surface area (Å²) in [5, 5.41) is 26.8. The molecule has 1 aliphatic rings. The molecule has 4 rings (SSSR count). The molecule has 1 saturated heterocycles. The van der Waals surface area contributed by atoms with Gasteiger partial charge in [-0.05, 0) is 44.0 Å². The molecule has 0 spiro atoms. The first-order chi connectivity index (χ1) is 15.0. The summed E-state index contributed by atoms with van der Waals surface area (Å²) in [5.41, 5.74) is 0.525. The van der Waals surface area contributed by atoms with Crippen LogP contribution in [0, 0.1) is 6.92 Å². The van der Waals surface area contributed by atoms with E-state index in [0.717, 1.165) is 29.7 Å². The quantitative estimate of drug-likeness (QED) is 0.408. The van der Waals surface area contributed by atoms with Crippen molar-refractivity contribution in [3.05, 3.63) is 47.4 Å². The molecular formula is C21H25N5O4S. The number of hydrogen-bond donors (Lipinski definition) is 4. The van der Waals surface area contributed by atoms with Gasteiger partial charge in [0.1, 0.15) is 11.5 Å². The molecule has 3 aromatic rings. The first-order valence-corrected chi connectivity index (χ1v) is 10.9. The molecule has 1 aromatic carbocycles. The molecular weight excluding hydrogens is 418 g/mol. The van der Waals surface area contributed by atoms with Crippen LogP contribution in [0.2, 0.25) is 0 Å². The summed E-state index contributed by atoms with van der Waals surface area (Å²) in [5.74, 6) is 2.14. The number of nitrogens with one attached hydrogen (secondary N) is 2. The van der Waals surface area contributed by atoms with Gasteiger partial charge in [0.25, 0.3) is 5.91 Å². The van der Waals surface area contributed by atoms with Crippen molar-refractivity contribution in [2.75, 3.05) is 23.7 Å². The normalized spacial score (nSPS) is 17.0. The molecule has 0 radical (unpaired) electrons. The Hall–Kier alpha value is -3.11. The number of aromatic nitrogens is 2. The van der Waals surface area contributed by atoms with E-state index in [1.165, 1.54) is 4.90 Å². The van der Waals surface area contributed by atoms with Crippen LogP contribution in [-0.2, 0) is 0 Å². The molecule has 31 heavy (non-hydrogen) atoms. The minimum Gasteiger partial charge on any atom is -0.505 e. The topological polar surface area (TPSA) is 124 Å². The van der Waals surface area contributed by atoms with E-state index in [1.807, 2.05) is 26.0 Å². The standard InChI is InChI=1S/C21H25N5O4S/c1-3-15(17-8-7-12(2)30-17)22-19-20(25-31-24-19)23-16-6-4-5-14(18(16)28)21(29)26-10-9-13(27)11-26/h4-8,13,15,27-28H,3,9-11H2,1-2H3,(H,22,24)(H,23,25)/t13-,15?/m1/s1. The Morgan fingerprint density at radius 2 is 2.13 bits per heavy atom. The molecule has 2 atom stereocenters. The third-order valence-corrected chi connectivity index (χ3v) is 5.81. The molecule has 4 N–H and O–H groups in total. The first-order valence-electron chi connectivity index (χ1n) is 10.2. The predicted molar refractivity (Wildman–Crippen MR) is 118 cm³/mol. The fourth-order valence-electron chi connectivity index (χ4n) is 3.59. The van der Waals surface area contributed by atoms with Gasteiger partial charge >= 0.3 is 0 Å². The average molecular weight is 444 g/mol. The zero-order chi connectivity index (χ0) is 22.0. The number of para-hydroxylation sites is 1. The van der Waals surface area contributed by atoms with Crippen molar-refractivity contribution in [1.29, 1.82) is 0 Å². The molecule has 164 valence electrons. The van der Waals surface area contributed by atoms with Gasteiger partial charge in [0.05, 0.1) is 35.1 Å². The predicted octanol–water partition coefficient (Wildman–Crippen LogP) is 3.66. The number of phenolic OH excluding ortho intramolecular Hbond substituents is 1. The maximum Gasteiger partial charge on any atom is 0.257 e. The lowest BCUT2D eigenvalue weighted by molar-refractivity contribution is 0.0762. The average Bonchev–Trinajstić information content (AvgIpc) is 3.49. The third kappa shape index (κ3) is 4.49. The van der Waals surface area contributed by atoms with Crippen LogP contribution in [0.1, 0.15) is 47.7 Å². The number of aliphatic hydroxyl groups excluding tert-OH is 1. The Morgan fingerprint density at radius 3 is 2.81 bits per heavy atom. The summed E-state index contributed by atoms with van der Waals surface area (Å²) < 4.78 is 14.3. The van der Waals surface area contributed by atoms with E-state index in [4.69, 9.17) is 4.42 Å². The fraction of sp³-hybridized carbons (Fsp3) is 0.381. The highest BCUT2D eigenvalue weighted by molar-refractivity contribution is 6.99. The Labute approximate surface area is 184 Å². The van der Waals surface area contributed by atoms with Gasteiger partial charge in [-0.3, -0.25) is 4.79 Å². The molecule has 1 fully saturated rings. The summed E-state index contributed by atoms with van der Waals surface area (Å²) in [6.45, 7) is 4.67. The zero-order valence-corrected chi connectivity index (χ0v) is 18.1. The Morgan fingerprint density at radius 1 is 1.32 bits per heavy atom. The number of β-amino-alcohol motifs (C(OH)–C–C–N with tert-alkyl or cyclic N) is 1. The maximum absolute atomic E-state index is 12.8. The van der Waals surface area contributed by atoms with E-state index in [2.05, 4.69) is 19.4 Å². The zero-order valence-electron chi connectivity index (χ0n) is 17.3. The lowest BCUT2D eigenvalue weighted by Crippen LogP contribution is -2.29. The number of carbonyl (C=O) groups is 1. The van der Waals surface area contributed by atoms with Gasteiger partial charge in [0.2, 0.25) is 0 Å². The van der Waals surface area contributed by atoms with Crippen molar-refractivity contribution in [3.63, 3.8) is 0 Å². The van der Waals surface area contributed by atoms with Gasteiger partial charge < -0.3 is 30.2 Å². The molecule has 10 heteroatoms. The number of carbonyl (C=O) groups excluding carboxylic acids is 1. The van der Waals surface area contributed by atoms with Crippen molar-refractivity contribution in [3.8, 4) is 5.75 Å². The minimum atomic E-state index is -0.522. The van der Waals surface area contributed by atoms with Gasteiger partial charge in [-0.2, -0.15) is 8.75 Å². The van der Waals surface area contributed by atoms with Crippen LogP contribution in [0.3, 0.4) is 0 Å². The molecule has 9 nitrogen and oxygen atoms in total. The van der Waals surface area contributed by atoms with Crippen molar-refractivity contribution in [2.24, 2.45) is 0 Å². The number of aliphatic hydroxyl groups is 1. The highest BCUT2D eigenvalue weighted by Crippen LogP contribution is 2.34. The number of hydrogen-bond acceptors (Lipinski definition) is 9. The molecule has 1 unspecified atom stereocenters.